The highest BCUT2D eigenvalue weighted by Crippen LogP contribution is 2.18. The molecule has 0 amide bonds. The quantitative estimate of drug-likeness (QED) is 0.715. The molecule has 0 radical (unpaired) electrons. The molecule has 1 aliphatic heterocycles. The minimum Gasteiger partial charge on any atom is -0.396 e. The van der Waals surface area contributed by atoms with Crippen molar-refractivity contribution in [1.29, 1.82) is 0 Å². The van der Waals surface area contributed by atoms with Crippen molar-refractivity contribution in [2.45, 2.75) is 52.5 Å². The van der Waals surface area contributed by atoms with Gasteiger partial charge in [-0.3, -0.25) is 0 Å². The van der Waals surface area contributed by atoms with Crippen LogP contribution in [0.3, 0.4) is 0 Å². The maximum absolute atomic E-state index is 9.37. The third-order valence-electron chi connectivity index (χ3n) is 4.09. The number of rotatable bonds is 7. The maximum Gasteiger partial charge on any atom is 0.0496 e. The Morgan fingerprint density at radius 3 is 2.47 bits per heavy atom. The standard InChI is InChI=1S/C14H30N2O/c1-4-14(3,12-17)11-15-13(2)10-16-8-6-5-7-9-16/h13,15,17H,4-12H2,1-3H3. The summed E-state index contributed by atoms with van der Waals surface area (Å²) < 4.78 is 0. The summed E-state index contributed by atoms with van der Waals surface area (Å²) >= 11 is 0. The van der Waals surface area contributed by atoms with Crippen LogP contribution in [0.15, 0.2) is 0 Å². The number of nitrogens with one attached hydrogen (secondary N) is 1. The Labute approximate surface area is 107 Å². The zero-order chi connectivity index (χ0) is 12.7. The maximum atomic E-state index is 9.37. The zero-order valence-electron chi connectivity index (χ0n) is 11.8. The molecule has 1 fully saturated rings. The predicted octanol–water partition coefficient (Wildman–Crippen LogP) is 1.86. The molecule has 1 rings (SSSR count). The first-order valence-corrected chi connectivity index (χ1v) is 7.16. The summed E-state index contributed by atoms with van der Waals surface area (Å²) in [6, 6.07) is 0.519. The molecule has 2 N–H and O–H groups in total. The first-order chi connectivity index (χ1) is 8.09. The molecule has 1 saturated heterocycles. The lowest BCUT2D eigenvalue weighted by Crippen LogP contribution is -2.45. The summed E-state index contributed by atoms with van der Waals surface area (Å²) in [4.78, 5) is 2.56. The molecule has 2 atom stereocenters. The third-order valence-corrected chi connectivity index (χ3v) is 4.09. The minimum atomic E-state index is 0.0379. The molecular weight excluding hydrogens is 212 g/mol. The van der Waals surface area contributed by atoms with Crippen LogP contribution in [0.25, 0.3) is 0 Å². The van der Waals surface area contributed by atoms with Gasteiger partial charge in [0.05, 0.1) is 0 Å². The molecule has 3 nitrogen and oxygen atoms in total. The molecule has 3 heteroatoms. The molecule has 0 saturated carbocycles. The van der Waals surface area contributed by atoms with Gasteiger partial charge in [0.1, 0.15) is 0 Å². The van der Waals surface area contributed by atoms with Gasteiger partial charge in [-0.25, -0.2) is 0 Å². The van der Waals surface area contributed by atoms with Crippen molar-refractivity contribution in [1.82, 2.24) is 10.2 Å². The lowest BCUT2D eigenvalue weighted by atomic mass is 9.88. The van der Waals surface area contributed by atoms with Crippen molar-refractivity contribution in [3.63, 3.8) is 0 Å². The monoisotopic (exact) mass is 242 g/mol. The van der Waals surface area contributed by atoms with Gasteiger partial charge in [0.25, 0.3) is 0 Å². The highest BCUT2D eigenvalue weighted by molar-refractivity contribution is 4.78. The number of likely N-dealkylation sites (tertiary alicyclic amines) is 1. The fourth-order valence-electron chi connectivity index (χ4n) is 2.31. The van der Waals surface area contributed by atoms with E-state index in [2.05, 4.69) is 31.0 Å². The van der Waals surface area contributed by atoms with E-state index in [1.807, 2.05) is 0 Å². The van der Waals surface area contributed by atoms with Crippen molar-refractivity contribution in [2.75, 3.05) is 32.8 Å². The molecule has 0 aromatic carbocycles. The Hall–Kier alpha value is -0.120. The SMILES string of the molecule is CCC(C)(CO)CNC(C)CN1CCCCC1. The van der Waals surface area contributed by atoms with Crippen molar-refractivity contribution in [3.8, 4) is 0 Å². The fourth-order valence-corrected chi connectivity index (χ4v) is 2.31. The van der Waals surface area contributed by atoms with Crippen molar-refractivity contribution in [3.05, 3.63) is 0 Å². The van der Waals surface area contributed by atoms with Gasteiger partial charge in [0, 0.05) is 31.2 Å². The number of hydrogen-bond donors (Lipinski definition) is 2. The molecule has 17 heavy (non-hydrogen) atoms. The van der Waals surface area contributed by atoms with Crippen LogP contribution >= 0.6 is 0 Å². The molecule has 102 valence electrons. The molecule has 0 aliphatic carbocycles. The van der Waals surface area contributed by atoms with E-state index in [4.69, 9.17) is 0 Å². The predicted molar refractivity (Wildman–Crippen MR) is 73.2 cm³/mol. The number of aliphatic hydroxyl groups is 1. The Morgan fingerprint density at radius 1 is 1.29 bits per heavy atom. The van der Waals surface area contributed by atoms with E-state index >= 15 is 0 Å². The Balaban J connectivity index is 2.21. The first-order valence-electron chi connectivity index (χ1n) is 7.16. The Bertz CT molecular complexity index is 198. The smallest absolute Gasteiger partial charge is 0.0496 e. The van der Waals surface area contributed by atoms with E-state index in [1.165, 1.54) is 32.4 Å². The van der Waals surface area contributed by atoms with E-state index in [1.54, 1.807) is 0 Å². The normalized spacial score (nSPS) is 23.3. The largest absolute Gasteiger partial charge is 0.396 e. The number of aliphatic hydroxyl groups excluding tert-OH is 1. The van der Waals surface area contributed by atoms with E-state index in [0.29, 0.717) is 6.04 Å². The van der Waals surface area contributed by atoms with Crippen LogP contribution in [0.4, 0.5) is 0 Å². The van der Waals surface area contributed by atoms with Gasteiger partial charge in [-0.15, -0.1) is 0 Å². The van der Waals surface area contributed by atoms with Gasteiger partial charge in [0.15, 0.2) is 0 Å². The van der Waals surface area contributed by atoms with Gasteiger partial charge in [-0.1, -0.05) is 20.3 Å². The molecule has 2 unspecified atom stereocenters. The van der Waals surface area contributed by atoms with Crippen molar-refractivity contribution in [2.24, 2.45) is 5.41 Å². The first kappa shape index (κ1) is 14.9. The van der Waals surface area contributed by atoms with Gasteiger partial charge in [-0.2, -0.15) is 0 Å². The Kier molecular flexibility index (Phi) is 6.45. The summed E-state index contributed by atoms with van der Waals surface area (Å²) in [5, 5.41) is 12.9. The molecule has 0 bridgehead atoms. The lowest BCUT2D eigenvalue weighted by molar-refractivity contribution is 0.127. The average molecular weight is 242 g/mol. The molecule has 1 aliphatic rings. The summed E-state index contributed by atoms with van der Waals surface area (Å²) in [6.07, 6.45) is 5.13. The topological polar surface area (TPSA) is 35.5 Å². The van der Waals surface area contributed by atoms with E-state index in [9.17, 15) is 5.11 Å². The Morgan fingerprint density at radius 2 is 1.94 bits per heavy atom. The summed E-state index contributed by atoms with van der Waals surface area (Å²) in [5.41, 5.74) is 0.0379. The van der Waals surface area contributed by atoms with Crippen LogP contribution in [-0.4, -0.2) is 48.8 Å². The van der Waals surface area contributed by atoms with Crippen LogP contribution in [0.5, 0.6) is 0 Å². The summed E-state index contributed by atoms with van der Waals surface area (Å²) in [5.74, 6) is 0. The van der Waals surface area contributed by atoms with Crippen LogP contribution in [0.1, 0.15) is 46.5 Å². The van der Waals surface area contributed by atoms with E-state index < -0.39 is 0 Å². The van der Waals surface area contributed by atoms with Gasteiger partial charge in [-0.05, 0) is 39.3 Å². The number of hydrogen-bond acceptors (Lipinski definition) is 3. The zero-order valence-corrected chi connectivity index (χ0v) is 11.8. The van der Waals surface area contributed by atoms with Gasteiger partial charge < -0.3 is 15.3 Å². The van der Waals surface area contributed by atoms with E-state index in [0.717, 1.165) is 19.5 Å². The highest BCUT2D eigenvalue weighted by Gasteiger charge is 2.22. The third kappa shape index (κ3) is 5.36. The number of nitrogens with zero attached hydrogens (tertiary/aromatic N) is 1. The second-order valence-corrected chi connectivity index (χ2v) is 5.97. The molecule has 1 heterocycles. The minimum absolute atomic E-state index is 0.0379. The van der Waals surface area contributed by atoms with Crippen LogP contribution < -0.4 is 5.32 Å². The van der Waals surface area contributed by atoms with Crippen LogP contribution in [0.2, 0.25) is 0 Å². The van der Waals surface area contributed by atoms with E-state index in [-0.39, 0.29) is 12.0 Å². The van der Waals surface area contributed by atoms with Crippen molar-refractivity contribution >= 4 is 0 Å². The second kappa shape index (κ2) is 7.34. The molecule has 0 aromatic heterocycles. The second-order valence-electron chi connectivity index (χ2n) is 5.97. The molecule has 0 aromatic rings. The molecular formula is C14H30N2O. The van der Waals surface area contributed by atoms with Crippen LogP contribution in [0, 0.1) is 5.41 Å². The van der Waals surface area contributed by atoms with Gasteiger partial charge in [0.2, 0.25) is 0 Å². The fraction of sp³-hybridized carbons (Fsp3) is 1.00. The average Bonchev–Trinajstić information content (AvgIpc) is 2.37. The number of piperidine rings is 1. The molecule has 0 spiro atoms. The van der Waals surface area contributed by atoms with Gasteiger partial charge >= 0.3 is 0 Å². The summed E-state index contributed by atoms with van der Waals surface area (Å²) in [7, 11) is 0. The summed E-state index contributed by atoms with van der Waals surface area (Å²) in [6.45, 7) is 11.4. The van der Waals surface area contributed by atoms with Crippen molar-refractivity contribution < 1.29 is 5.11 Å². The van der Waals surface area contributed by atoms with Crippen LogP contribution in [-0.2, 0) is 0 Å². The highest BCUT2D eigenvalue weighted by atomic mass is 16.3. The lowest BCUT2D eigenvalue weighted by Gasteiger charge is -2.32.